The lowest BCUT2D eigenvalue weighted by atomic mass is 9.91. The molecule has 24 heavy (non-hydrogen) atoms. The van der Waals surface area contributed by atoms with Crippen molar-refractivity contribution in [2.24, 2.45) is 5.73 Å². The highest BCUT2D eigenvalue weighted by molar-refractivity contribution is 7.16. The lowest BCUT2D eigenvalue weighted by Crippen LogP contribution is -2.49. The average molecular weight is 345 g/mol. The van der Waals surface area contributed by atoms with Crippen LogP contribution in [0.5, 0.6) is 0 Å². The van der Waals surface area contributed by atoms with Crippen molar-refractivity contribution in [2.75, 3.05) is 11.4 Å². The quantitative estimate of drug-likeness (QED) is 0.889. The normalized spacial score (nSPS) is 27.5. The summed E-state index contributed by atoms with van der Waals surface area (Å²) in [5, 5.41) is 6.32. The minimum atomic E-state index is -0.126. The van der Waals surface area contributed by atoms with Crippen LogP contribution < -0.4 is 16.0 Å². The number of fused-ring (bicyclic) bond motifs is 1. The van der Waals surface area contributed by atoms with Crippen LogP contribution >= 0.6 is 11.3 Å². The van der Waals surface area contributed by atoms with E-state index in [-0.39, 0.29) is 18.0 Å². The van der Waals surface area contributed by atoms with Crippen molar-refractivity contribution in [1.82, 2.24) is 15.3 Å². The number of carbonyl (C=O) groups excluding carboxylic acids is 1. The summed E-state index contributed by atoms with van der Waals surface area (Å²) in [7, 11) is 0. The molecule has 0 aromatic carbocycles. The van der Waals surface area contributed by atoms with E-state index in [9.17, 15) is 4.79 Å². The molecule has 4 rings (SSSR count). The van der Waals surface area contributed by atoms with Gasteiger partial charge in [-0.1, -0.05) is 0 Å². The Morgan fingerprint density at radius 1 is 1.25 bits per heavy atom. The Morgan fingerprint density at radius 2 is 2.08 bits per heavy atom. The van der Waals surface area contributed by atoms with Crippen molar-refractivity contribution >= 4 is 33.3 Å². The molecule has 0 radical (unpaired) electrons. The first-order valence-corrected chi connectivity index (χ1v) is 9.61. The number of rotatable bonds is 3. The monoisotopic (exact) mass is 345 g/mol. The van der Waals surface area contributed by atoms with Gasteiger partial charge in [0.1, 0.15) is 23.0 Å². The first-order chi connectivity index (χ1) is 11.7. The Labute approximate surface area is 145 Å². The van der Waals surface area contributed by atoms with E-state index in [1.807, 2.05) is 11.4 Å². The van der Waals surface area contributed by atoms with Crippen LogP contribution in [0.1, 0.15) is 38.5 Å². The Hall–Kier alpha value is -1.73. The van der Waals surface area contributed by atoms with Gasteiger partial charge in [0, 0.05) is 18.6 Å². The molecule has 6 nitrogen and oxygen atoms in total. The predicted octanol–water partition coefficient (Wildman–Crippen LogP) is 2.05. The molecule has 2 aliphatic rings. The van der Waals surface area contributed by atoms with E-state index in [1.165, 1.54) is 0 Å². The van der Waals surface area contributed by atoms with Crippen LogP contribution in [0.25, 0.3) is 10.2 Å². The van der Waals surface area contributed by atoms with E-state index in [4.69, 9.17) is 5.73 Å². The summed E-state index contributed by atoms with van der Waals surface area (Å²) in [6.45, 7) is 0.871. The number of nitrogens with one attached hydrogen (secondary N) is 1. The summed E-state index contributed by atoms with van der Waals surface area (Å²) in [6, 6.07) is 2.49. The average Bonchev–Trinajstić information content (AvgIpc) is 3.25. The summed E-state index contributed by atoms with van der Waals surface area (Å²) in [5.41, 5.74) is 5.96. The van der Waals surface area contributed by atoms with E-state index in [2.05, 4.69) is 20.2 Å². The van der Waals surface area contributed by atoms with Gasteiger partial charge in [-0.25, -0.2) is 9.97 Å². The van der Waals surface area contributed by atoms with Crippen molar-refractivity contribution in [3.8, 4) is 0 Å². The number of anilines is 1. The molecule has 1 saturated heterocycles. The van der Waals surface area contributed by atoms with Gasteiger partial charge >= 0.3 is 0 Å². The Balaban J connectivity index is 1.50. The molecule has 1 unspecified atom stereocenters. The summed E-state index contributed by atoms with van der Waals surface area (Å²) >= 11 is 1.61. The molecule has 0 bridgehead atoms. The standard InChI is InChI=1S/C17H23N5OS/c18-11-3-5-12(6-4-11)21-16(23)14-2-1-8-22(14)15-13-7-9-24-17(13)20-10-19-15/h7,9-12,14H,1-6,8,18H2,(H,21,23). The van der Waals surface area contributed by atoms with Crippen molar-refractivity contribution in [3.05, 3.63) is 17.8 Å². The second kappa shape index (κ2) is 6.64. The van der Waals surface area contributed by atoms with Crippen molar-refractivity contribution in [1.29, 1.82) is 0 Å². The highest BCUT2D eigenvalue weighted by atomic mass is 32.1. The van der Waals surface area contributed by atoms with Crippen LogP contribution in [-0.2, 0) is 4.79 Å². The van der Waals surface area contributed by atoms with Crippen LogP contribution in [0, 0.1) is 0 Å². The largest absolute Gasteiger partial charge is 0.352 e. The fraction of sp³-hybridized carbons (Fsp3) is 0.588. The van der Waals surface area contributed by atoms with E-state index < -0.39 is 0 Å². The number of thiophene rings is 1. The van der Waals surface area contributed by atoms with Gasteiger partial charge in [0.05, 0.1) is 5.39 Å². The molecule has 2 aromatic rings. The second-order valence-corrected chi connectivity index (χ2v) is 7.70. The van der Waals surface area contributed by atoms with Crippen molar-refractivity contribution < 1.29 is 4.79 Å². The van der Waals surface area contributed by atoms with Crippen molar-refractivity contribution in [2.45, 2.75) is 56.7 Å². The van der Waals surface area contributed by atoms with Crippen LogP contribution in [0.2, 0.25) is 0 Å². The molecule has 1 aliphatic carbocycles. The number of carbonyl (C=O) groups is 1. The zero-order valence-corrected chi connectivity index (χ0v) is 14.5. The Kier molecular flexibility index (Phi) is 4.37. The number of aromatic nitrogens is 2. The summed E-state index contributed by atoms with van der Waals surface area (Å²) in [4.78, 5) is 24.7. The maximum absolute atomic E-state index is 12.8. The molecule has 1 saturated carbocycles. The smallest absolute Gasteiger partial charge is 0.242 e. The van der Waals surface area contributed by atoms with Gasteiger partial charge in [0.2, 0.25) is 5.91 Å². The molecule has 3 heterocycles. The van der Waals surface area contributed by atoms with E-state index in [0.29, 0.717) is 6.04 Å². The number of nitrogens with zero attached hydrogens (tertiary/aromatic N) is 3. The molecule has 128 valence electrons. The summed E-state index contributed by atoms with van der Waals surface area (Å²) in [6.07, 6.45) is 7.48. The van der Waals surface area contributed by atoms with Crippen LogP contribution in [0.15, 0.2) is 17.8 Å². The zero-order valence-electron chi connectivity index (χ0n) is 13.6. The lowest BCUT2D eigenvalue weighted by Gasteiger charge is -2.30. The third kappa shape index (κ3) is 2.98. The maximum atomic E-state index is 12.8. The van der Waals surface area contributed by atoms with Crippen LogP contribution in [0.4, 0.5) is 5.82 Å². The number of nitrogens with two attached hydrogens (primary N) is 1. The molecule has 2 aromatic heterocycles. The highest BCUT2D eigenvalue weighted by Gasteiger charge is 2.34. The van der Waals surface area contributed by atoms with E-state index in [1.54, 1.807) is 17.7 Å². The Morgan fingerprint density at radius 3 is 2.92 bits per heavy atom. The van der Waals surface area contributed by atoms with Gasteiger partial charge < -0.3 is 16.0 Å². The van der Waals surface area contributed by atoms with Gasteiger partial charge in [-0.2, -0.15) is 0 Å². The molecular weight excluding hydrogens is 322 g/mol. The van der Waals surface area contributed by atoms with E-state index >= 15 is 0 Å². The summed E-state index contributed by atoms with van der Waals surface area (Å²) in [5.74, 6) is 1.03. The van der Waals surface area contributed by atoms with Gasteiger partial charge in [0.15, 0.2) is 0 Å². The van der Waals surface area contributed by atoms with Crippen LogP contribution in [0.3, 0.4) is 0 Å². The second-order valence-electron chi connectivity index (χ2n) is 6.81. The van der Waals surface area contributed by atoms with E-state index in [0.717, 1.165) is 61.1 Å². The molecule has 3 N–H and O–H groups in total. The topological polar surface area (TPSA) is 84.1 Å². The highest BCUT2D eigenvalue weighted by Crippen LogP contribution is 2.32. The van der Waals surface area contributed by atoms with Gasteiger partial charge in [-0.05, 0) is 50.0 Å². The van der Waals surface area contributed by atoms with Crippen molar-refractivity contribution in [3.63, 3.8) is 0 Å². The molecular formula is C17H23N5OS. The predicted molar refractivity (Wildman–Crippen MR) is 96.2 cm³/mol. The zero-order chi connectivity index (χ0) is 16.5. The minimum absolute atomic E-state index is 0.126. The third-order valence-corrected chi connectivity index (χ3v) is 6.01. The maximum Gasteiger partial charge on any atom is 0.242 e. The number of hydrogen-bond acceptors (Lipinski definition) is 6. The molecule has 1 amide bonds. The van der Waals surface area contributed by atoms with Gasteiger partial charge in [0.25, 0.3) is 0 Å². The fourth-order valence-corrected chi connectivity index (χ4v) is 4.59. The third-order valence-electron chi connectivity index (χ3n) is 5.19. The van der Waals surface area contributed by atoms with Gasteiger partial charge in [-0.15, -0.1) is 11.3 Å². The SMILES string of the molecule is NC1CCC(NC(=O)C2CCCN2c2ncnc3sccc23)CC1. The van der Waals surface area contributed by atoms with Gasteiger partial charge in [-0.3, -0.25) is 4.79 Å². The molecule has 7 heteroatoms. The molecule has 0 spiro atoms. The minimum Gasteiger partial charge on any atom is -0.352 e. The molecule has 1 atom stereocenters. The summed E-state index contributed by atoms with van der Waals surface area (Å²) < 4.78 is 0. The molecule has 1 aliphatic heterocycles. The Bertz CT molecular complexity index is 725. The first-order valence-electron chi connectivity index (χ1n) is 8.73. The van der Waals surface area contributed by atoms with Crippen LogP contribution in [-0.4, -0.2) is 40.5 Å². The fourth-order valence-electron chi connectivity index (χ4n) is 3.86. The number of hydrogen-bond donors (Lipinski definition) is 2. The molecule has 2 fully saturated rings. The number of amides is 1. The lowest BCUT2D eigenvalue weighted by molar-refractivity contribution is -0.123. The first kappa shape index (κ1) is 15.8.